The number of aromatic nitrogens is 3. The van der Waals surface area contributed by atoms with Gasteiger partial charge in [-0.3, -0.25) is 4.98 Å². The molecular weight excluding hydrogens is 321 g/mol. The second-order valence-corrected chi connectivity index (χ2v) is 5.54. The number of nitrogens with zero attached hydrogens (tertiary/aromatic N) is 3. The van der Waals surface area contributed by atoms with Crippen LogP contribution in [-0.2, 0) is 6.54 Å². The molecule has 0 aliphatic rings. The normalized spacial score (nSPS) is 10.8. The molecule has 2 heterocycles. The number of ether oxygens (including phenoxy) is 1. The first-order chi connectivity index (χ1) is 10.7. The van der Waals surface area contributed by atoms with Gasteiger partial charge in [0.1, 0.15) is 17.9 Å². The highest BCUT2D eigenvalue weighted by atomic mass is 35.5. The maximum atomic E-state index is 6.35. The largest absolute Gasteiger partial charge is 0.489 e. The van der Waals surface area contributed by atoms with Crippen molar-refractivity contribution in [2.75, 3.05) is 6.61 Å². The Morgan fingerprint density at radius 1 is 1.32 bits per heavy atom. The van der Waals surface area contributed by atoms with E-state index in [0.717, 1.165) is 16.6 Å². The van der Waals surface area contributed by atoms with Gasteiger partial charge < -0.3 is 9.30 Å². The van der Waals surface area contributed by atoms with Crippen LogP contribution in [0.25, 0.3) is 11.0 Å². The molecule has 2 aromatic heterocycles. The van der Waals surface area contributed by atoms with Gasteiger partial charge in [0.2, 0.25) is 0 Å². The zero-order chi connectivity index (χ0) is 15.5. The number of fused-ring (bicyclic) bond motifs is 1. The number of benzene rings is 1. The summed E-state index contributed by atoms with van der Waals surface area (Å²) in [6, 6.07) is 5.38. The number of imidazole rings is 1. The summed E-state index contributed by atoms with van der Waals surface area (Å²) in [6.07, 6.45) is 6.90. The molecule has 0 saturated heterocycles. The van der Waals surface area contributed by atoms with Crippen LogP contribution < -0.4 is 4.74 Å². The van der Waals surface area contributed by atoms with Gasteiger partial charge in [0.15, 0.2) is 0 Å². The van der Waals surface area contributed by atoms with Crippen molar-refractivity contribution in [1.82, 2.24) is 14.5 Å². The molecule has 0 bridgehead atoms. The molecule has 3 rings (SSSR count). The van der Waals surface area contributed by atoms with Crippen molar-refractivity contribution < 1.29 is 4.74 Å². The van der Waals surface area contributed by atoms with Crippen LogP contribution in [0.1, 0.15) is 5.56 Å². The molecule has 0 N–H and O–H groups in total. The molecule has 0 amide bonds. The van der Waals surface area contributed by atoms with Crippen LogP contribution in [0.3, 0.4) is 0 Å². The van der Waals surface area contributed by atoms with Crippen LogP contribution in [0, 0.1) is 0 Å². The Morgan fingerprint density at radius 2 is 2.18 bits per heavy atom. The van der Waals surface area contributed by atoms with E-state index in [2.05, 4.69) is 16.5 Å². The fourth-order valence-electron chi connectivity index (χ4n) is 2.22. The van der Waals surface area contributed by atoms with E-state index in [-0.39, 0.29) is 0 Å². The maximum Gasteiger partial charge on any atom is 0.127 e. The van der Waals surface area contributed by atoms with Gasteiger partial charge in [0, 0.05) is 16.8 Å². The predicted molar refractivity (Wildman–Crippen MR) is 88.8 cm³/mol. The van der Waals surface area contributed by atoms with E-state index in [1.807, 2.05) is 10.6 Å². The quantitative estimate of drug-likeness (QED) is 0.651. The highest BCUT2D eigenvalue weighted by Gasteiger charge is 2.13. The Labute approximate surface area is 138 Å². The SMILES string of the molecule is C=CCOc1cc(Cl)cc(Cl)c1Cn1cnc2cnccc21. The van der Waals surface area contributed by atoms with Crippen molar-refractivity contribution in [3.63, 3.8) is 0 Å². The van der Waals surface area contributed by atoms with E-state index in [0.29, 0.717) is 28.9 Å². The van der Waals surface area contributed by atoms with Gasteiger partial charge in [-0.1, -0.05) is 35.9 Å². The minimum Gasteiger partial charge on any atom is -0.489 e. The molecule has 112 valence electrons. The van der Waals surface area contributed by atoms with Crippen molar-refractivity contribution in [3.05, 3.63) is 65.2 Å². The molecule has 0 aliphatic carbocycles. The summed E-state index contributed by atoms with van der Waals surface area (Å²) in [6.45, 7) is 4.57. The lowest BCUT2D eigenvalue weighted by Gasteiger charge is -2.14. The van der Waals surface area contributed by atoms with E-state index in [4.69, 9.17) is 27.9 Å². The Bertz CT molecular complexity index is 829. The first-order valence-corrected chi connectivity index (χ1v) is 7.41. The topological polar surface area (TPSA) is 39.9 Å². The molecule has 0 spiro atoms. The van der Waals surface area contributed by atoms with E-state index >= 15 is 0 Å². The summed E-state index contributed by atoms with van der Waals surface area (Å²) in [5.41, 5.74) is 2.67. The third kappa shape index (κ3) is 2.93. The van der Waals surface area contributed by atoms with Gasteiger partial charge in [-0.05, 0) is 18.2 Å². The van der Waals surface area contributed by atoms with Crippen molar-refractivity contribution in [1.29, 1.82) is 0 Å². The number of halogens is 2. The fourth-order valence-corrected chi connectivity index (χ4v) is 2.76. The zero-order valence-corrected chi connectivity index (χ0v) is 13.2. The molecule has 0 saturated carbocycles. The number of hydrogen-bond acceptors (Lipinski definition) is 3. The highest BCUT2D eigenvalue weighted by Crippen LogP contribution is 2.32. The lowest BCUT2D eigenvalue weighted by atomic mass is 10.2. The van der Waals surface area contributed by atoms with E-state index in [1.54, 1.807) is 36.9 Å². The molecule has 0 unspecified atom stereocenters. The Morgan fingerprint density at radius 3 is 3.00 bits per heavy atom. The highest BCUT2D eigenvalue weighted by molar-refractivity contribution is 6.35. The van der Waals surface area contributed by atoms with Crippen LogP contribution in [0.2, 0.25) is 10.0 Å². The minimum atomic E-state index is 0.387. The summed E-state index contributed by atoms with van der Waals surface area (Å²) in [5, 5.41) is 1.09. The third-order valence-electron chi connectivity index (χ3n) is 3.23. The van der Waals surface area contributed by atoms with Crippen LogP contribution in [-0.4, -0.2) is 21.1 Å². The summed E-state index contributed by atoms with van der Waals surface area (Å²) in [4.78, 5) is 8.39. The molecule has 0 aliphatic heterocycles. The number of hydrogen-bond donors (Lipinski definition) is 0. The van der Waals surface area contributed by atoms with Crippen LogP contribution in [0.5, 0.6) is 5.75 Å². The molecular formula is C16H13Cl2N3O. The van der Waals surface area contributed by atoms with E-state index < -0.39 is 0 Å². The summed E-state index contributed by atoms with van der Waals surface area (Å²) in [5.74, 6) is 0.647. The molecule has 0 fully saturated rings. The molecule has 0 atom stereocenters. The van der Waals surface area contributed by atoms with Gasteiger partial charge in [0.05, 0.1) is 29.6 Å². The molecule has 0 radical (unpaired) electrons. The smallest absolute Gasteiger partial charge is 0.127 e. The monoisotopic (exact) mass is 333 g/mol. The summed E-state index contributed by atoms with van der Waals surface area (Å²) >= 11 is 12.4. The standard InChI is InChI=1S/C16H13Cl2N3O/c1-2-5-22-16-7-11(17)6-13(18)12(16)9-21-10-20-14-8-19-4-3-15(14)21/h2-4,6-8,10H,1,5,9H2. The van der Waals surface area contributed by atoms with E-state index in [9.17, 15) is 0 Å². The van der Waals surface area contributed by atoms with Crippen molar-refractivity contribution in [3.8, 4) is 5.75 Å². The predicted octanol–water partition coefficient (Wildman–Crippen LogP) is 4.35. The van der Waals surface area contributed by atoms with Crippen LogP contribution in [0.4, 0.5) is 0 Å². The maximum absolute atomic E-state index is 6.35. The van der Waals surface area contributed by atoms with Gasteiger partial charge in [-0.15, -0.1) is 0 Å². The first kappa shape index (κ1) is 14.9. The lowest BCUT2D eigenvalue weighted by Crippen LogP contribution is -2.04. The van der Waals surface area contributed by atoms with Gasteiger partial charge in [0.25, 0.3) is 0 Å². The van der Waals surface area contributed by atoms with Gasteiger partial charge in [-0.25, -0.2) is 4.98 Å². The van der Waals surface area contributed by atoms with Crippen molar-refractivity contribution >= 4 is 34.2 Å². The molecule has 6 heteroatoms. The van der Waals surface area contributed by atoms with Crippen molar-refractivity contribution in [2.24, 2.45) is 0 Å². The van der Waals surface area contributed by atoms with Gasteiger partial charge in [-0.2, -0.15) is 0 Å². The molecule has 22 heavy (non-hydrogen) atoms. The molecule has 1 aromatic carbocycles. The minimum absolute atomic E-state index is 0.387. The van der Waals surface area contributed by atoms with Gasteiger partial charge >= 0.3 is 0 Å². The summed E-state index contributed by atoms with van der Waals surface area (Å²) < 4.78 is 7.67. The second kappa shape index (κ2) is 6.38. The second-order valence-electron chi connectivity index (χ2n) is 4.70. The Hall–Kier alpha value is -2.04. The van der Waals surface area contributed by atoms with E-state index in [1.165, 1.54) is 0 Å². The summed E-state index contributed by atoms with van der Waals surface area (Å²) in [7, 11) is 0. The Balaban J connectivity index is 2.02. The molecule has 4 nitrogen and oxygen atoms in total. The van der Waals surface area contributed by atoms with Crippen LogP contribution >= 0.6 is 23.2 Å². The third-order valence-corrected chi connectivity index (χ3v) is 3.78. The first-order valence-electron chi connectivity index (χ1n) is 6.65. The average Bonchev–Trinajstić information content (AvgIpc) is 2.91. The van der Waals surface area contributed by atoms with Crippen molar-refractivity contribution in [2.45, 2.75) is 6.54 Å². The molecule has 3 aromatic rings. The average molecular weight is 334 g/mol. The zero-order valence-electron chi connectivity index (χ0n) is 11.7. The Kier molecular flexibility index (Phi) is 4.32. The van der Waals surface area contributed by atoms with Crippen LogP contribution in [0.15, 0.2) is 49.6 Å². The number of rotatable bonds is 5. The fraction of sp³-hybridized carbons (Fsp3) is 0.125. The lowest BCUT2D eigenvalue weighted by molar-refractivity contribution is 0.358. The number of pyridine rings is 1.